The van der Waals surface area contributed by atoms with Crippen molar-refractivity contribution in [2.75, 3.05) is 5.32 Å². The van der Waals surface area contributed by atoms with Crippen molar-refractivity contribution >= 4 is 21.6 Å². The van der Waals surface area contributed by atoms with Gasteiger partial charge in [-0.3, -0.25) is 0 Å². The molecule has 0 aliphatic heterocycles. The number of halogens is 3. The topological polar surface area (TPSA) is 35.8 Å². The van der Waals surface area contributed by atoms with Gasteiger partial charge in [-0.25, -0.2) is 8.78 Å². The fourth-order valence-corrected chi connectivity index (χ4v) is 2.04. The Morgan fingerprint density at radius 1 is 1.16 bits per heavy atom. The van der Waals surface area contributed by atoms with Crippen molar-refractivity contribution in [3.8, 4) is 6.07 Å². The Kier molecular flexibility index (Phi) is 4.13. The largest absolute Gasteiger partial charge is 0.366 e. The molecule has 2 rings (SSSR count). The lowest BCUT2D eigenvalue weighted by Crippen LogP contribution is -2.10. The molecule has 0 saturated heterocycles. The normalized spacial score (nSPS) is 11.7. The number of anilines is 1. The predicted molar refractivity (Wildman–Crippen MR) is 72.5 cm³/mol. The molecule has 0 fully saturated rings. The van der Waals surface area contributed by atoms with Crippen LogP contribution in [0.5, 0.6) is 0 Å². The summed E-state index contributed by atoms with van der Waals surface area (Å²) in [5, 5.41) is 11.9. The third-order valence-electron chi connectivity index (χ3n) is 2.53. The zero-order chi connectivity index (χ0) is 13.8. The van der Waals surface area contributed by atoms with Crippen LogP contribution in [0.15, 0.2) is 46.9 Å². The van der Waals surface area contributed by atoms with Gasteiger partial charge in [0.05, 0.1) is 6.07 Å². The molecule has 0 amide bonds. The van der Waals surface area contributed by atoms with E-state index in [9.17, 15) is 8.78 Å². The SMILES string of the molecule is N#CC(Nc1cccc(F)c1)c1cc(Br)ccc1F. The minimum atomic E-state index is -0.890. The maximum absolute atomic E-state index is 13.7. The van der Waals surface area contributed by atoms with Crippen LogP contribution >= 0.6 is 15.9 Å². The maximum atomic E-state index is 13.7. The molecule has 1 unspecified atom stereocenters. The highest BCUT2D eigenvalue weighted by molar-refractivity contribution is 9.10. The van der Waals surface area contributed by atoms with Gasteiger partial charge in [-0.2, -0.15) is 5.26 Å². The molecule has 0 heterocycles. The number of rotatable bonds is 3. The average Bonchev–Trinajstić information content (AvgIpc) is 2.39. The summed E-state index contributed by atoms with van der Waals surface area (Å²) in [6, 6.07) is 11.1. The lowest BCUT2D eigenvalue weighted by molar-refractivity contribution is 0.606. The molecule has 19 heavy (non-hydrogen) atoms. The summed E-state index contributed by atoms with van der Waals surface area (Å²) >= 11 is 3.23. The second kappa shape index (κ2) is 5.81. The number of hydrogen-bond acceptors (Lipinski definition) is 2. The minimum Gasteiger partial charge on any atom is -0.366 e. The lowest BCUT2D eigenvalue weighted by atomic mass is 10.1. The van der Waals surface area contributed by atoms with Gasteiger partial charge in [-0.15, -0.1) is 0 Å². The summed E-state index contributed by atoms with van der Waals surface area (Å²) in [6.07, 6.45) is 0. The van der Waals surface area contributed by atoms with E-state index in [2.05, 4.69) is 21.2 Å². The summed E-state index contributed by atoms with van der Waals surface area (Å²) in [5.41, 5.74) is 0.632. The van der Waals surface area contributed by atoms with Crippen LogP contribution < -0.4 is 5.32 Å². The molecule has 2 aromatic carbocycles. The smallest absolute Gasteiger partial charge is 0.143 e. The van der Waals surface area contributed by atoms with Crippen molar-refractivity contribution in [2.45, 2.75) is 6.04 Å². The van der Waals surface area contributed by atoms with Gasteiger partial charge in [0.1, 0.15) is 17.7 Å². The Labute approximate surface area is 117 Å². The third-order valence-corrected chi connectivity index (χ3v) is 3.03. The van der Waals surface area contributed by atoms with Crippen LogP contribution in [0.25, 0.3) is 0 Å². The highest BCUT2D eigenvalue weighted by Crippen LogP contribution is 2.25. The van der Waals surface area contributed by atoms with Gasteiger partial charge in [-0.05, 0) is 36.4 Å². The van der Waals surface area contributed by atoms with E-state index in [4.69, 9.17) is 5.26 Å². The van der Waals surface area contributed by atoms with Crippen molar-refractivity contribution in [1.29, 1.82) is 5.26 Å². The first kappa shape index (κ1) is 13.5. The van der Waals surface area contributed by atoms with E-state index in [-0.39, 0.29) is 5.56 Å². The van der Waals surface area contributed by atoms with Crippen molar-refractivity contribution in [2.24, 2.45) is 0 Å². The number of benzene rings is 2. The quantitative estimate of drug-likeness (QED) is 0.908. The Balaban J connectivity index is 2.31. The highest BCUT2D eigenvalue weighted by atomic mass is 79.9. The molecule has 0 saturated carbocycles. The minimum absolute atomic E-state index is 0.209. The van der Waals surface area contributed by atoms with Crippen molar-refractivity contribution in [3.05, 3.63) is 64.1 Å². The standard InChI is InChI=1S/C14H9BrF2N2/c15-9-4-5-13(17)12(6-9)14(8-18)19-11-3-1-2-10(16)7-11/h1-7,14,19H. The van der Waals surface area contributed by atoms with E-state index in [1.807, 2.05) is 6.07 Å². The maximum Gasteiger partial charge on any atom is 0.143 e. The number of nitrogens with zero attached hydrogens (tertiary/aromatic N) is 1. The summed E-state index contributed by atoms with van der Waals surface area (Å²) in [6.45, 7) is 0. The number of nitriles is 1. The van der Waals surface area contributed by atoms with Crippen LogP contribution in [0.2, 0.25) is 0 Å². The number of nitrogens with one attached hydrogen (secondary N) is 1. The van der Waals surface area contributed by atoms with Crippen molar-refractivity contribution in [1.82, 2.24) is 0 Å². The summed E-state index contributed by atoms with van der Waals surface area (Å²) in [7, 11) is 0. The van der Waals surface area contributed by atoms with Crippen LogP contribution in [0.1, 0.15) is 11.6 Å². The van der Waals surface area contributed by atoms with Gasteiger partial charge in [0.2, 0.25) is 0 Å². The molecule has 2 nitrogen and oxygen atoms in total. The Hall–Kier alpha value is -1.93. The molecule has 96 valence electrons. The van der Waals surface area contributed by atoms with Crippen LogP contribution in [-0.2, 0) is 0 Å². The molecule has 1 N–H and O–H groups in total. The van der Waals surface area contributed by atoms with E-state index in [0.29, 0.717) is 10.2 Å². The van der Waals surface area contributed by atoms with E-state index in [1.165, 1.54) is 30.3 Å². The summed E-state index contributed by atoms with van der Waals surface area (Å²) in [5.74, 6) is -0.907. The monoisotopic (exact) mass is 322 g/mol. The first-order valence-corrected chi connectivity index (χ1v) is 6.26. The van der Waals surface area contributed by atoms with E-state index < -0.39 is 17.7 Å². The van der Waals surface area contributed by atoms with Gasteiger partial charge < -0.3 is 5.32 Å². The average molecular weight is 323 g/mol. The molecule has 0 bridgehead atoms. The molecule has 0 spiro atoms. The van der Waals surface area contributed by atoms with Gasteiger partial charge >= 0.3 is 0 Å². The van der Waals surface area contributed by atoms with Gasteiger partial charge in [-0.1, -0.05) is 22.0 Å². The van der Waals surface area contributed by atoms with Crippen LogP contribution in [0, 0.1) is 23.0 Å². The third kappa shape index (κ3) is 3.30. The molecule has 0 aliphatic rings. The Morgan fingerprint density at radius 2 is 1.95 bits per heavy atom. The highest BCUT2D eigenvalue weighted by Gasteiger charge is 2.15. The number of hydrogen-bond donors (Lipinski definition) is 1. The molecular formula is C14H9BrF2N2. The van der Waals surface area contributed by atoms with Gasteiger partial charge in [0.25, 0.3) is 0 Å². The second-order valence-electron chi connectivity index (χ2n) is 3.88. The molecule has 0 radical (unpaired) electrons. The van der Waals surface area contributed by atoms with Crippen LogP contribution in [0.4, 0.5) is 14.5 Å². The molecule has 1 atom stereocenters. The molecule has 2 aromatic rings. The molecule has 5 heteroatoms. The first-order chi connectivity index (χ1) is 9.10. The Morgan fingerprint density at radius 3 is 2.63 bits per heavy atom. The molecule has 0 aliphatic carbocycles. The zero-order valence-corrected chi connectivity index (χ0v) is 11.3. The van der Waals surface area contributed by atoms with Gasteiger partial charge in [0.15, 0.2) is 0 Å². The fourth-order valence-electron chi connectivity index (χ4n) is 1.66. The predicted octanol–water partition coefficient (Wildman–Crippen LogP) is 4.40. The second-order valence-corrected chi connectivity index (χ2v) is 4.80. The zero-order valence-electron chi connectivity index (χ0n) is 9.70. The van der Waals surface area contributed by atoms with E-state index in [0.717, 1.165) is 0 Å². The first-order valence-electron chi connectivity index (χ1n) is 5.47. The molecule has 0 aromatic heterocycles. The summed E-state index contributed by atoms with van der Waals surface area (Å²) < 4.78 is 27.4. The lowest BCUT2D eigenvalue weighted by Gasteiger charge is -2.14. The van der Waals surface area contributed by atoms with Gasteiger partial charge in [0, 0.05) is 15.7 Å². The molecular weight excluding hydrogens is 314 g/mol. The summed E-state index contributed by atoms with van der Waals surface area (Å²) in [4.78, 5) is 0. The van der Waals surface area contributed by atoms with Crippen molar-refractivity contribution < 1.29 is 8.78 Å². The van der Waals surface area contributed by atoms with E-state index >= 15 is 0 Å². The Bertz CT molecular complexity index is 638. The fraction of sp³-hybridized carbons (Fsp3) is 0.0714. The van der Waals surface area contributed by atoms with E-state index in [1.54, 1.807) is 12.1 Å². The van der Waals surface area contributed by atoms with Crippen LogP contribution in [0.3, 0.4) is 0 Å². The van der Waals surface area contributed by atoms with Crippen molar-refractivity contribution in [3.63, 3.8) is 0 Å². The van der Waals surface area contributed by atoms with Crippen LogP contribution in [-0.4, -0.2) is 0 Å².